The van der Waals surface area contributed by atoms with Gasteiger partial charge in [0.05, 0.1) is 6.04 Å². The van der Waals surface area contributed by atoms with Crippen LogP contribution in [-0.4, -0.2) is 36.4 Å². The second-order valence-electron chi connectivity index (χ2n) is 5.42. The molecule has 1 fully saturated rings. The number of ether oxygens (including phenoxy) is 1. The van der Waals surface area contributed by atoms with Crippen molar-refractivity contribution >= 4 is 17.4 Å². The first-order valence-electron chi connectivity index (χ1n) is 7.27. The Bertz CT molecular complexity index is 427. The van der Waals surface area contributed by atoms with Gasteiger partial charge in [-0.1, -0.05) is 18.0 Å². The number of likely N-dealkylation sites (tertiary alicyclic amines) is 1. The van der Waals surface area contributed by atoms with Crippen molar-refractivity contribution < 1.29 is 9.53 Å². The molecule has 0 aromatic heterocycles. The Morgan fingerprint density at radius 1 is 1.25 bits per heavy atom. The minimum Gasteiger partial charge on any atom is -0.492 e. The zero-order chi connectivity index (χ0) is 14.4. The topological polar surface area (TPSA) is 29.5 Å². The highest BCUT2D eigenvalue weighted by Crippen LogP contribution is 2.19. The number of carbonyl (C=O) groups is 1. The first-order chi connectivity index (χ1) is 9.65. The Balaban J connectivity index is 1.92. The van der Waals surface area contributed by atoms with E-state index in [0.717, 1.165) is 18.8 Å². The molecular weight excluding hydrogens is 274 g/mol. The van der Waals surface area contributed by atoms with E-state index in [2.05, 4.69) is 4.90 Å². The van der Waals surface area contributed by atoms with Crippen molar-refractivity contribution in [2.24, 2.45) is 0 Å². The van der Waals surface area contributed by atoms with Crippen LogP contribution in [0.1, 0.15) is 32.6 Å². The number of halogens is 1. The Morgan fingerprint density at radius 2 is 1.90 bits per heavy atom. The average molecular weight is 296 g/mol. The number of nitrogens with zero attached hydrogens (tertiary/aromatic N) is 1. The third kappa shape index (κ3) is 4.80. The lowest BCUT2D eigenvalue weighted by molar-refractivity contribution is -0.118. The average Bonchev–Trinajstić information content (AvgIpc) is 2.46. The van der Waals surface area contributed by atoms with Gasteiger partial charge in [-0.05, 0) is 57.1 Å². The van der Waals surface area contributed by atoms with Gasteiger partial charge in [-0.15, -0.1) is 0 Å². The summed E-state index contributed by atoms with van der Waals surface area (Å²) in [6.07, 6.45) is 4.29. The van der Waals surface area contributed by atoms with Crippen molar-refractivity contribution in [2.75, 3.05) is 19.7 Å². The summed E-state index contributed by atoms with van der Waals surface area (Å²) in [4.78, 5) is 13.8. The molecule has 1 unspecified atom stereocenters. The van der Waals surface area contributed by atoms with Gasteiger partial charge in [0.25, 0.3) is 0 Å². The van der Waals surface area contributed by atoms with Crippen LogP contribution in [0.5, 0.6) is 5.75 Å². The van der Waals surface area contributed by atoms with Crippen LogP contribution in [0.2, 0.25) is 5.02 Å². The monoisotopic (exact) mass is 295 g/mol. The van der Waals surface area contributed by atoms with Crippen molar-refractivity contribution in [3.8, 4) is 5.75 Å². The van der Waals surface area contributed by atoms with E-state index in [1.165, 1.54) is 19.3 Å². The molecule has 1 atom stereocenters. The van der Waals surface area contributed by atoms with Crippen molar-refractivity contribution in [3.63, 3.8) is 0 Å². The molecule has 0 aliphatic carbocycles. The summed E-state index contributed by atoms with van der Waals surface area (Å²) in [5.41, 5.74) is 0. The molecular formula is C16H22ClNO2. The fraction of sp³-hybridized carbons (Fsp3) is 0.562. The van der Waals surface area contributed by atoms with E-state index in [1.807, 2.05) is 24.3 Å². The van der Waals surface area contributed by atoms with Crippen LogP contribution < -0.4 is 4.74 Å². The maximum Gasteiger partial charge on any atom is 0.131 e. The van der Waals surface area contributed by atoms with Crippen molar-refractivity contribution in [1.29, 1.82) is 0 Å². The molecule has 0 radical (unpaired) electrons. The molecule has 1 aromatic rings. The maximum absolute atomic E-state index is 11.5. The molecule has 4 heteroatoms. The van der Waals surface area contributed by atoms with E-state index >= 15 is 0 Å². The van der Waals surface area contributed by atoms with E-state index in [-0.39, 0.29) is 11.8 Å². The molecule has 2 rings (SSSR count). The minimum absolute atomic E-state index is 0.184. The van der Waals surface area contributed by atoms with Crippen molar-refractivity contribution in [2.45, 2.75) is 38.6 Å². The van der Waals surface area contributed by atoms with Crippen LogP contribution in [0.15, 0.2) is 24.3 Å². The predicted molar refractivity (Wildman–Crippen MR) is 81.5 cm³/mol. The van der Waals surface area contributed by atoms with Gasteiger partial charge in [0.15, 0.2) is 0 Å². The van der Waals surface area contributed by atoms with Crippen molar-refractivity contribution in [1.82, 2.24) is 4.90 Å². The van der Waals surface area contributed by atoms with E-state index in [9.17, 15) is 4.79 Å². The second-order valence-corrected chi connectivity index (χ2v) is 5.86. The molecule has 0 bridgehead atoms. The molecule has 1 aliphatic rings. The SMILES string of the molecule is CC(=O)CC(COc1ccc(Cl)cc1)N1CCCCC1. The lowest BCUT2D eigenvalue weighted by atomic mass is 10.1. The van der Waals surface area contributed by atoms with Crippen LogP contribution in [0.25, 0.3) is 0 Å². The number of carbonyl (C=O) groups excluding carboxylic acids is 1. The quantitative estimate of drug-likeness (QED) is 0.804. The van der Waals surface area contributed by atoms with E-state index in [0.29, 0.717) is 18.1 Å². The lowest BCUT2D eigenvalue weighted by Crippen LogP contribution is -2.43. The summed E-state index contributed by atoms with van der Waals surface area (Å²) in [7, 11) is 0. The predicted octanol–water partition coefficient (Wildman–Crippen LogP) is 3.55. The van der Waals surface area contributed by atoms with Gasteiger partial charge in [-0.2, -0.15) is 0 Å². The lowest BCUT2D eigenvalue weighted by Gasteiger charge is -2.34. The number of hydrogen-bond donors (Lipinski definition) is 0. The standard InChI is InChI=1S/C16H22ClNO2/c1-13(19)11-15(18-9-3-2-4-10-18)12-20-16-7-5-14(17)6-8-16/h5-8,15H,2-4,9-12H2,1H3. The highest BCUT2D eigenvalue weighted by atomic mass is 35.5. The van der Waals surface area contributed by atoms with Gasteiger partial charge in [-0.3, -0.25) is 9.69 Å². The normalized spacial score (nSPS) is 17.7. The van der Waals surface area contributed by atoms with Gasteiger partial charge in [-0.25, -0.2) is 0 Å². The van der Waals surface area contributed by atoms with E-state index in [1.54, 1.807) is 6.92 Å². The van der Waals surface area contributed by atoms with Crippen LogP contribution in [0, 0.1) is 0 Å². The second kappa shape index (κ2) is 7.65. The van der Waals surface area contributed by atoms with Gasteiger partial charge in [0.1, 0.15) is 18.1 Å². The fourth-order valence-electron chi connectivity index (χ4n) is 2.63. The zero-order valence-electron chi connectivity index (χ0n) is 12.0. The summed E-state index contributed by atoms with van der Waals surface area (Å²) >= 11 is 5.86. The van der Waals surface area contributed by atoms with Gasteiger partial charge in [0, 0.05) is 11.4 Å². The van der Waals surface area contributed by atoms with Crippen LogP contribution in [-0.2, 0) is 4.79 Å². The van der Waals surface area contributed by atoms with Crippen LogP contribution in [0.3, 0.4) is 0 Å². The maximum atomic E-state index is 11.5. The summed E-state index contributed by atoms with van der Waals surface area (Å²) < 4.78 is 5.82. The molecule has 1 heterocycles. The van der Waals surface area contributed by atoms with Gasteiger partial charge < -0.3 is 4.74 Å². The number of ketones is 1. The zero-order valence-corrected chi connectivity index (χ0v) is 12.7. The van der Waals surface area contributed by atoms with Crippen LogP contribution >= 0.6 is 11.6 Å². The van der Waals surface area contributed by atoms with Gasteiger partial charge in [0.2, 0.25) is 0 Å². The number of rotatable bonds is 6. The third-order valence-corrected chi connectivity index (χ3v) is 3.94. The molecule has 3 nitrogen and oxygen atoms in total. The third-order valence-electron chi connectivity index (χ3n) is 3.69. The van der Waals surface area contributed by atoms with E-state index < -0.39 is 0 Å². The minimum atomic E-state index is 0.184. The summed E-state index contributed by atoms with van der Waals surface area (Å²) in [5, 5.41) is 0.702. The van der Waals surface area contributed by atoms with Gasteiger partial charge >= 0.3 is 0 Å². The number of piperidine rings is 1. The Hall–Kier alpha value is -1.06. The summed E-state index contributed by atoms with van der Waals surface area (Å²) in [6.45, 7) is 4.35. The molecule has 0 saturated carbocycles. The first-order valence-corrected chi connectivity index (χ1v) is 7.65. The highest BCUT2D eigenvalue weighted by molar-refractivity contribution is 6.30. The molecule has 20 heavy (non-hydrogen) atoms. The first kappa shape index (κ1) is 15.3. The Kier molecular flexibility index (Phi) is 5.86. The summed E-state index contributed by atoms with van der Waals surface area (Å²) in [6, 6.07) is 7.55. The van der Waals surface area contributed by atoms with Crippen LogP contribution in [0.4, 0.5) is 0 Å². The molecule has 1 aliphatic heterocycles. The molecule has 0 amide bonds. The van der Waals surface area contributed by atoms with Crippen molar-refractivity contribution in [3.05, 3.63) is 29.3 Å². The summed E-state index contributed by atoms with van der Waals surface area (Å²) in [5.74, 6) is 1.03. The Morgan fingerprint density at radius 3 is 2.50 bits per heavy atom. The number of hydrogen-bond acceptors (Lipinski definition) is 3. The molecule has 1 aromatic carbocycles. The Labute approximate surface area is 125 Å². The highest BCUT2D eigenvalue weighted by Gasteiger charge is 2.22. The molecule has 0 spiro atoms. The van der Waals surface area contributed by atoms with E-state index in [4.69, 9.17) is 16.3 Å². The number of benzene rings is 1. The molecule has 110 valence electrons. The smallest absolute Gasteiger partial charge is 0.131 e. The number of Topliss-reactive ketones (excluding diaryl/α,β-unsaturated/α-hetero) is 1. The molecule has 1 saturated heterocycles. The fourth-order valence-corrected chi connectivity index (χ4v) is 2.76. The largest absolute Gasteiger partial charge is 0.492 e. The molecule has 0 N–H and O–H groups in total.